The van der Waals surface area contributed by atoms with Crippen molar-refractivity contribution in [3.8, 4) is 5.69 Å². The monoisotopic (exact) mass is 293 g/mol. The maximum absolute atomic E-state index is 12.2. The van der Waals surface area contributed by atoms with Gasteiger partial charge in [0.15, 0.2) is 0 Å². The van der Waals surface area contributed by atoms with E-state index in [1.165, 1.54) is 9.58 Å². The highest BCUT2D eigenvalue weighted by Crippen LogP contribution is 2.13. The largest absolute Gasteiger partial charge is 0.356 e. The van der Waals surface area contributed by atoms with Gasteiger partial charge in [-0.05, 0) is 37.6 Å². The molecule has 1 aromatic carbocycles. The Labute approximate surface area is 121 Å². The molecule has 2 aromatic rings. The Morgan fingerprint density at radius 2 is 1.95 bits per heavy atom. The van der Waals surface area contributed by atoms with E-state index in [1.54, 1.807) is 31.2 Å². The molecule has 1 aromatic heterocycles. The minimum Gasteiger partial charge on any atom is -0.279 e. The molecule has 1 heterocycles. The first kappa shape index (κ1) is 14.5. The summed E-state index contributed by atoms with van der Waals surface area (Å²) in [5.41, 5.74) is 0.254. The van der Waals surface area contributed by atoms with Gasteiger partial charge in [-0.3, -0.25) is 5.01 Å². The molecule has 0 saturated carbocycles. The van der Waals surface area contributed by atoms with Crippen LogP contribution in [0, 0.1) is 6.92 Å². The molecule has 0 unspecified atom stereocenters. The molecule has 0 aliphatic carbocycles. The molecule has 106 valence electrons. The van der Waals surface area contributed by atoms with Gasteiger partial charge in [-0.25, -0.2) is 15.2 Å². The van der Waals surface area contributed by atoms with E-state index in [2.05, 4.69) is 9.97 Å². The van der Waals surface area contributed by atoms with Crippen molar-refractivity contribution in [2.75, 3.05) is 11.6 Å². The standard InChI is InChI=1S/C13H16ClN5O/c1-3-8-18(15)12-16-9(2)19(13(20)17-12)11-6-4-10(14)5-7-11/h4-7H,3,8,15H2,1-2H3. The average Bonchev–Trinajstić information content (AvgIpc) is 2.40. The van der Waals surface area contributed by atoms with Gasteiger partial charge in [0, 0.05) is 11.6 Å². The molecule has 0 radical (unpaired) electrons. The number of aromatic nitrogens is 3. The molecule has 0 bridgehead atoms. The Hall–Kier alpha value is -1.92. The van der Waals surface area contributed by atoms with Crippen molar-refractivity contribution in [2.45, 2.75) is 20.3 Å². The normalized spacial score (nSPS) is 10.6. The van der Waals surface area contributed by atoms with Crippen molar-refractivity contribution in [3.63, 3.8) is 0 Å². The van der Waals surface area contributed by atoms with E-state index in [0.717, 1.165) is 6.42 Å². The minimum absolute atomic E-state index is 0.236. The van der Waals surface area contributed by atoms with Crippen molar-refractivity contribution in [1.29, 1.82) is 0 Å². The maximum Gasteiger partial charge on any atom is 0.356 e. The predicted molar refractivity (Wildman–Crippen MR) is 79.2 cm³/mol. The number of rotatable bonds is 4. The minimum atomic E-state index is -0.415. The lowest BCUT2D eigenvalue weighted by molar-refractivity contribution is 0.730. The van der Waals surface area contributed by atoms with Crippen molar-refractivity contribution in [2.24, 2.45) is 5.84 Å². The number of hydrogen-bond acceptors (Lipinski definition) is 5. The zero-order valence-electron chi connectivity index (χ0n) is 11.4. The zero-order chi connectivity index (χ0) is 14.7. The first-order valence-electron chi connectivity index (χ1n) is 6.28. The van der Waals surface area contributed by atoms with Gasteiger partial charge in [-0.1, -0.05) is 18.5 Å². The summed E-state index contributed by atoms with van der Waals surface area (Å²) in [6.07, 6.45) is 0.846. The van der Waals surface area contributed by atoms with Crippen LogP contribution in [0.4, 0.5) is 5.95 Å². The summed E-state index contributed by atoms with van der Waals surface area (Å²) < 4.78 is 1.42. The van der Waals surface area contributed by atoms with Gasteiger partial charge in [0.05, 0.1) is 5.69 Å². The topological polar surface area (TPSA) is 77.0 Å². The molecule has 0 aliphatic rings. The van der Waals surface area contributed by atoms with Crippen molar-refractivity contribution < 1.29 is 0 Å². The van der Waals surface area contributed by atoms with Crippen molar-refractivity contribution >= 4 is 17.5 Å². The Bertz CT molecular complexity index is 653. The van der Waals surface area contributed by atoms with Crippen LogP contribution in [0.25, 0.3) is 5.69 Å². The molecule has 0 spiro atoms. The highest BCUT2D eigenvalue weighted by molar-refractivity contribution is 6.30. The van der Waals surface area contributed by atoms with E-state index in [9.17, 15) is 4.79 Å². The third-order valence-corrected chi connectivity index (χ3v) is 3.03. The SMILES string of the molecule is CCCN(N)c1nc(C)n(-c2ccc(Cl)cc2)c(=O)n1. The first-order valence-corrected chi connectivity index (χ1v) is 6.66. The highest BCUT2D eigenvalue weighted by Gasteiger charge is 2.11. The molecular weight excluding hydrogens is 278 g/mol. The Kier molecular flexibility index (Phi) is 4.36. The lowest BCUT2D eigenvalue weighted by Gasteiger charge is -2.17. The zero-order valence-corrected chi connectivity index (χ0v) is 12.1. The van der Waals surface area contributed by atoms with Crippen LogP contribution in [0.1, 0.15) is 19.2 Å². The number of nitrogens with zero attached hydrogens (tertiary/aromatic N) is 4. The van der Waals surface area contributed by atoms with E-state index in [1.807, 2.05) is 6.92 Å². The van der Waals surface area contributed by atoms with Crippen LogP contribution in [0.3, 0.4) is 0 Å². The van der Waals surface area contributed by atoms with E-state index < -0.39 is 5.69 Å². The second-order valence-corrected chi connectivity index (χ2v) is 4.80. The van der Waals surface area contributed by atoms with Crippen LogP contribution in [-0.4, -0.2) is 21.1 Å². The molecule has 0 atom stereocenters. The summed E-state index contributed by atoms with van der Waals surface area (Å²) in [5.74, 6) is 6.55. The summed E-state index contributed by atoms with van der Waals surface area (Å²) in [6.45, 7) is 4.31. The average molecular weight is 294 g/mol. The fraction of sp³-hybridized carbons (Fsp3) is 0.308. The predicted octanol–water partition coefficient (Wildman–Crippen LogP) is 1.68. The molecule has 2 rings (SSSR count). The first-order chi connectivity index (χ1) is 9.52. The van der Waals surface area contributed by atoms with Gasteiger partial charge >= 0.3 is 5.69 Å². The Balaban J connectivity index is 2.46. The van der Waals surface area contributed by atoms with Gasteiger partial charge < -0.3 is 0 Å². The number of aryl methyl sites for hydroxylation is 1. The third kappa shape index (κ3) is 2.97. The van der Waals surface area contributed by atoms with Gasteiger partial charge in [-0.15, -0.1) is 0 Å². The van der Waals surface area contributed by atoms with Crippen molar-refractivity contribution in [3.05, 3.63) is 45.6 Å². The van der Waals surface area contributed by atoms with E-state index in [4.69, 9.17) is 17.4 Å². The fourth-order valence-electron chi connectivity index (χ4n) is 1.85. The third-order valence-electron chi connectivity index (χ3n) is 2.78. The smallest absolute Gasteiger partial charge is 0.279 e. The highest BCUT2D eigenvalue weighted by atomic mass is 35.5. The number of hydrogen-bond donors (Lipinski definition) is 1. The lowest BCUT2D eigenvalue weighted by Crippen LogP contribution is -2.37. The lowest BCUT2D eigenvalue weighted by atomic mass is 10.3. The quantitative estimate of drug-likeness (QED) is 0.685. The van der Waals surface area contributed by atoms with Gasteiger partial charge in [-0.2, -0.15) is 9.97 Å². The Morgan fingerprint density at radius 1 is 1.30 bits per heavy atom. The Morgan fingerprint density at radius 3 is 2.50 bits per heavy atom. The van der Waals surface area contributed by atoms with Gasteiger partial charge in [0.25, 0.3) is 0 Å². The number of benzene rings is 1. The molecule has 6 nitrogen and oxygen atoms in total. The number of hydrazine groups is 1. The van der Waals surface area contributed by atoms with Crippen LogP contribution in [0.15, 0.2) is 29.1 Å². The second kappa shape index (κ2) is 6.02. The summed E-state index contributed by atoms with van der Waals surface area (Å²) in [4.78, 5) is 20.3. The maximum atomic E-state index is 12.2. The molecular formula is C13H16ClN5O. The second-order valence-electron chi connectivity index (χ2n) is 4.36. The van der Waals surface area contributed by atoms with Gasteiger partial charge in [0.2, 0.25) is 5.95 Å². The number of nitrogens with two attached hydrogens (primary N) is 1. The van der Waals surface area contributed by atoms with Crippen LogP contribution in [0.5, 0.6) is 0 Å². The van der Waals surface area contributed by atoms with Crippen LogP contribution >= 0.6 is 11.6 Å². The summed E-state index contributed by atoms with van der Waals surface area (Å²) >= 11 is 5.84. The van der Waals surface area contributed by atoms with E-state index >= 15 is 0 Å². The molecule has 0 saturated heterocycles. The van der Waals surface area contributed by atoms with Crippen LogP contribution < -0.4 is 16.5 Å². The molecule has 0 fully saturated rings. The molecule has 0 amide bonds. The molecule has 7 heteroatoms. The molecule has 20 heavy (non-hydrogen) atoms. The molecule has 2 N–H and O–H groups in total. The van der Waals surface area contributed by atoms with Gasteiger partial charge in [0.1, 0.15) is 5.82 Å². The van der Waals surface area contributed by atoms with E-state index in [-0.39, 0.29) is 5.95 Å². The van der Waals surface area contributed by atoms with Crippen molar-refractivity contribution in [1.82, 2.24) is 14.5 Å². The van der Waals surface area contributed by atoms with Crippen LogP contribution in [-0.2, 0) is 0 Å². The summed E-state index contributed by atoms with van der Waals surface area (Å²) in [6, 6.07) is 6.91. The van der Waals surface area contributed by atoms with Crippen LogP contribution in [0.2, 0.25) is 5.02 Å². The number of halogens is 1. The summed E-state index contributed by atoms with van der Waals surface area (Å²) in [7, 11) is 0. The summed E-state index contributed by atoms with van der Waals surface area (Å²) in [5, 5.41) is 1.98. The molecule has 0 aliphatic heterocycles. The fourth-order valence-corrected chi connectivity index (χ4v) is 1.98. The number of anilines is 1. The van der Waals surface area contributed by atoms with E-state index in [0.29, 0.717) is 23.1 Å².